The molecule has 0 saturated heterocycles. The lowest BCUT2D eigenvalue weighted by Crippen LogP contribution is -2.30. The topological polar surface area (TPSA) is 68.8 Å². The number of benzene rings is 1. The number of aryl methyl sites for hydroxylation is 1. The average molecular weight is 281 g/mol. The second-order valence-electron chi connectivity index (χ2n) is 4.97. The average Bonchev–Trinajstić information content (AvgIpc) is 2.99. The molecule has 2 aromatic heterocycles. The molecule has 0 amide bonds. The highest BCUT2D eigenvalue weighted by atomic mass is 15.2. The van der Waals surface area contributed by atoms with Gasteiger partial charge in [0, 0.05) is 36.9 Å². The van der Waals surface area contributed by atoms with Crippen molar-refractivity contribution in [2.24, 2.45) is 5.84 Å². The molecule has 3 aromatic rings. The third-order valence-electron chi connectivity index (χ3n) is 3.79. The van der Waals surface area contributed by atoms with E-state index < -0.39 is 0 Å². The number of nitrogens with one attached hydrogen (secondary N) is 1. The monoisotopic (exact) mass is 281 g/mol. The molecular formula is C16H19N5. The van der Waals surface area contributed by atoms with Gasteiger partial charge < -0.3 is 4.57 Å². The van der Waals surface area contributed by atoms with Crippen LogP contribution in [-0.4, -0.2) is 14.5 Å². The minimum atomic E-state index is 0.00519. The van der Waals surface area contributed by atoms with Crippen LogP contribution in [-0.2, 0) is 13.0 Å². The van der Waals surface area contributed by atoms with E-state index in [-0.39, 0.29) is 6.04 Å². The van der Waals surface area contributed by atoms with E-state index in [4.69, 9.17) is 5.84 Å². The van der Waals surface area contributed by atoms with Gasteiger partial charge in [-0.2, -0.15) is 0 Å². The van der Waals surface area contributed by atoms with Crippen LogP contribution in [0.1, 0.15) is 24.4 Å². The molecule has 0 saturated carbocycles. The molecule has 3 N–H and O–H groups in total. The Morgan fingerprint density at radius 2 is 2.10 bits per heavy atom. The molecule has 108 valence electrons. The van der Waals surface area contributed by atoms with Gasteiger partial charge in [0.2, 0.25) is 0 Å². The Labute approximate surface area is 123 Å². The first-order valence-corrected chi connectivity index (χ1v) is 7.13. The van der Waals surface area contributed by atoms with Gasteiger partial charge in [-0.05, 0) is 24.6 Å². The molecule has 21 heavy (non-hydrogen) atoms. The van der Waals surface area contributed by atoms with Crippen LogP contribution in [0.4, 0.5) is 0 Å². The van der Waals surface area contributed by atoms with Gasteiger partial charge in [-0.25, -0.2) is 4.98 Å². The molecule has 5 heteroatoms. The smallest absolute Gasteiger partial charge is 0.110 e. The van der Waals surface area contributed by atoms with Crippen LogP contribution in [0.3, 0.4) is 0 Å². The van der Waals surface area contributed by atoms with Crippen molar-refractivity contribution in [1.82, 2.24) is 20.0 Å². The number of rotatable bonds is 5. The Morgan fingerprint density at radius 1 is 1.19 bits per heavy atom. The summed E-state index contributed by atoms with van der Waals surface area (Å²) in [6.07, 6.45) is 6.37. The zero-order chi connectivity index (χ0) is 14.7. The zero-order valence-electron chi connectivity index (χ0n) is 12.0. The predicted octanol–water partition coefficient (Wildman–Crippen LogP) is 2.20. The lowest BCUT2D eigenvalue weighted by atomic mass is 9.99. The summed E-state index contributed by atoms with van der Waals surface area (Å²) in [6, 6.07) is 10.2. The molecule has 1 atom stereocenters. The number of hydrazine groups is 1. The Kier molecular flexibility index (Phi) is 3.94. The number of hydrogen-bond acceptors (Lipinski definition) is 4. The summed E-state index contributed by atoms with van der Waals surface area (Å²) in [7, 11) is 0. The molecule has 1 unspecified atom stereocenters. The first-order valence-electron chi connectivity index (χ1n) is 7.13. The van der Waals surface area contributed by atoms with Crippen molar-refractivity contribution in [3.8, 4) is 0 Å². The Morgan fingerprint density at radius 3 is 2.90 bits per heavy atom. The number of hydrogen-bond donors (Lipinski definition) is 2. The van der Waals surface area contributed by atoms with Crippen molar-refractivity contribution in [1.29, 1.82) is 0 Å². The molecule has 5 nitrogen and oxygen atoms in total. The minimum Gasteiger partial charge on any atom is -0.335 e. The summed E-state index contributed by atoms with van der Waals surface area (Å²) >= 11 is 0. The van der Waals surface area contributed by atoms with E-state index >= 15 is 0 Å². The number of nitrogens with two attached hydrogens (primary N) is 1. The van der Waals surface area contributed by atoms with Crippen LogP contribution >= 0.6 is 0 Å². The fraction of sp³-hybridized carbons (Fsp3) is 0.250. The van der Waals surface area contributed by atoms with E-state index in [2.05, 4.69) is 39.0 Å². The van der Waals surface area contributed by atoms with Crippen LogP contribution in [0.5, 0.6) is 0 Å². The summed E-state index contributed by atoms with van der Waals surface area (Å²) in [4.78, 5) is 8.83. The molecule has 3 rings (SSSR count). The highest BCUT2D eigenvalue weighted by molar-refractivity contribution is 5.82. The molecule has 0 fully saturated rings. The third-order valence-corrected chi connectivity index (χ3v) is 3.79. The summed E-state index contributed by atoms with van der Waals surface area (Å²) < 4.78 is 2.13. The third kappa shape index (κ3) is 2.66. The van der Waals surface area contributed by atoms with Crippen molar-refractivity contribution in [2.75, 3.05) is 0 Å². The maximum atomic E-state index is 5.80. The highest BCUT2D eigenvalue weighted by Crippen LogP contribution is 2.24. The highest BCUT2D eigenvalue weighted by Gasteiger charge is 2.16. The quantitative estimate of drug-likeness (QED) is 0.555. The van der Waals surface area contributed by atoms with Crippen LogP contribution in [0, 0.1) is 0 Å². The molecule has 1 aromatic carbocycles. The SMILES string of the molecule is CCn1ccnc1CC(NN)c1cccc2ncccc12. The molecule has 0 aliphatic rings. The largest absolute Gasteiger partial charge is 0.335 e. The minimum absolute atomic E-state index is 0.00519. The second kappa shape index (κ2) is 6.03. The van der Waals surface area contributed by atoms with Gasteiger partial charge in [-0.1, -0.05) is 18.2 Å². The fourth-order valence-corrected chi connectivity index (χ4v) is 2.69. The van der Waals surface area contributed by atoms with Gasteiger partial charge in [-0.15, -0.1) is 0 Å². The molecule has 2 heterocycles. The van der Waals surface area contributed by atoms with Gasteiger partial charge in [0.25, 0.3) is 0 Å². The lowest BCUT2D eigenvalue weighted by molar-refractivity contribution is 0.526. The number of imidazole rings is 1. The van der Waals surface area contributed by atoms with E-state index in [0.29, 0.717) is 0 Å². The predicted molar refractivity (Wildman–Crippen MR) is 83.4 cm³/mol. The van der Waals surface area contributed by atoms with Gasteiger partial charge in [0.05, 0.1) is 11.6 Å². The van der Waals surface area contributed by atoms with Crippen molar-refractivity contribution in [2.45, 2.75) is 25.9 Å². The maximum absolute atomic E-state index is 5.80. The van der Waals surface area contributed by atoms with Gasteiger partial charge in [0.1, 0.15) is 5.82 Å². The van der Waals surface area contributed by atoms with Crippen LogP contribution in [0.2, 0.25) is 0 Å². The van der Waals surface area contributed by atoms with E-state index in [9.17, 15) is 0 Å². The van der Waals surface area contributed by atoms with Crippen LogP contribution in [0.15, 0.2) is 48.9 Å². The van der Waals surface area contributed by atoms with Crippen molar-refractivity contribution < 1.29 is 0 Å². The Hall–Kier alpha value is -2.24. The van der Waals surface area contributed by atoms with Crippen molar-refractivity contribution in [3.05, 3.63) is 60.3 Å². The summed E-state index contributed by atoms with van der Waals surface area (Å²) in [5.41, 5.74) is 5.05. The van der Waals surface area contributed by atoms with Gasteiger partial charge >= 0.3 is 0 Å². The number of fused-ring (bicyclic) bond motifs is 1. The van der Waals surface area contributed by atoms with Crippen molar-refractivity contribution in [3.63, 3.8) is 0 Å². The molecule has 0 aliphatic heterocycles. The molecule has 0 spiro atoms. The number of nitrogens with zero attached hydrogens (tertiary/aromatic N) is 3. The normalized spacial score (nSPS) is 12.7. The summed E-state index contributed by atoms with van der Waals surface area (Å²) in [5, 5.41) is 1.12. The van der Waals surface area contributed by atoms with E-state index in [1.165, 1.54) is 0 Å². The van der Waals surface area contributed by atoms with E-state index in [1.54, 1.807) is 6.20 Å². The Balaban J connectivity index is 1.99. The van der Waals surface area contributed by atoms with Gasteiger partial charge in [0.15, 0.2) is 0 Å². The zero-order valence-corrected chi connectivity index (χ0v) is 12.0. The summed E-state index contributed by atoms with van der Waals surface area (Å²) in [6.45, 7) is 3.02. The number of pyridine rings is 1. The lowest BCUT2D eigenvalue weighted by Gasteiger charge is -2.18. The fourth-order valence-electron chi connectivity index (χ4n) is 2.69. The number of aromatic nitrogens is 3. The first-order chi connectivity index (χ1) is 10.3. The second-order valence-corrected chi connectivity index (χ2v) is 4.97. The van der Waals surface area contributed by atoms with Crippen LogP contribution in [0.25, 0.3) is 10.9 Å². The molecular weight excluding hydrogens is 262 g/mol. The molecule has 0 radical (unpaired) electrons. The first kappa shape index (κ1) is 13.7. The Bertz CT molecular complexity index is 729. The molecule has 0 aliphatic carbocycles. The van der Waals surface area contributed by atoms with E-state index in [0.717, 1.165) is 35.3 Å². The molecule has 0 bridgehead atoms. The van der Waals surface area contributed by atoms with Crippen LogP contribution < -0.4 is 11.3 Å². The van der Waals surface area contributed by atoms with Crippen molar-refractivity contribution >= 4 is 10.9 Å². The van der Waals surface area contributed by atoms with Gasteiger partial charge in [-0.3, -0.25) is 16.3 Å². The maximum Gasteiger partial charge on any atom is 0.110 e. The standard InChI is InChI=1S/C16H19N5/c1-2-21-10-9-19-16(21)11-15(20-17)13-5-3-7-14-12(13)6-4-8-18-14/h3-10,15,20H,2,11,17H2,1H3. The van der Waals surface area contributed by atoms with E-state index in [1.807, 2.05) is 30.6 Å². The summed E-state index contributed by atoms with van der Waals surface area (Å²) in [5.74, 6) is 6.83.